The first kappa shape index (κ1) is 44.7. The number of fused-ring (bicyclic) bond motifs is 6. The highest BCUT2D eigenvalue weighted by molar-refractivity contribution is 5.96. The molecule has 2 fully saturated rings. The Morgan fingerprint density at radius 2 is 1.87 bits per heavy atom. The van der Waals surface area contributed by atoms with Crippen LogP contribution in [0.25, 0.3) is 33.3 Å². The van der Waals surface area contributed by atoms with E-state index in [0.717, 1.165) is 44.5 Å². The summed E-state index contributed by atoms with van der Waals surface area (Å²) in [7, 11) is 3.28. The normalized spacial score (nSPS) is 23.7. The number of methoxy groups -OCH3 is 1. The molecule has 0 radical (unpaired) electrons. The zero-order chi connectivity index (χ0) is 44.8. The second kappa shape index (κ2) is 17.8. The second-order valence-electron chi connectivity index (χ2n) is 18.6. The molecule has 332 valence electrons. The minimum Gasteiger partial charge on any atom is -0.508 e. The molecule has 3 aliphatic rings. The number of ether oxygens (including phenoxy) is 2. The van der Waals surface area contributed by atoms with Crippen molar-refractivity contribution in [1.29, 1.82) is 0 Å². The first-order valence-corrected chi connectivity index (χ1v) is 22.0. The van der Waals surface area contributed by atoms with Crippen molar-refractivity contribution in [1.82, 2.24) is 30.2 Å². The summed E-state index contributed by atoms with van der Waals surface area (Å²) in [5.41, 5.74) is 15.8. The van der Waals surface area contributed by atoms with Gasteiger partial charge in [0.1, 0.15) is 23.9 Å². The number of carbonyl (C=O) groups is 4. The fourth-order valence-electron chi connectivity index (χ4n) is 9.50. The number of carbonyl (C=O) groups excluding carboxylic acids is 4. The van der Waals surface area contributed by atoms with Crippen molar-refractivity contribution in [2.75, 3.05) is 27.3 Å². The number of rotatable bonds is 9. The number of phenolic OH excluding ortho intramolecular Hbond substituents is 1. The average molecular weight is 850 g/mol. The number of hydrazine groups is 1. The highest BCUT2D eigenvalue weighted by atomic mass is 16.5. The van der Waals surface area contributed by atoms with Gasteiger partial charge < -0.3 is 35.1 Å². The number of amides is 3. The summed E-state index contributed by atoms with van der Waals surface area (Å²) in [6.07, 6.45) is 3.06. The first-order chi connectivity index (χ1) is 29.4. The molecule has 14 heteroatoms. The van der Waals surface area contributed by atoms with Crippen LogP contribution in [-0.2, 0) is 48.0 Å². The van der Waals surface area contributed by atoms with Gasteiger partial charge in [0.05, 0.1) is 30.0 Å². The van der Waals surface area contributed by atoms with Crippen LogP contribution in [-0.4, -0.2) is 99.7 Å². The van der Waals surface area contributed by atoms with E-state index in [1.807, 2.05) is 45.9 Å². The van der Waals surface area contributed by atoms with Gasteiger partial charge in [-0.25, -0.2) is 5.43 Å². The van der Waals surface area contributed by atoms with E-state index in [9.17, 15) is 24.3 Å². The number of nitrogens with two attached hydrogens (primary N) is 1. The lowest BCUT2D eigenvalue weighted by Crippen LogP contribution is -2.62. The molecule has 6 bridgehead atoms. The van der Waals surface area contributed by atoms with Crippen LogP contribution in [0.5, 0.6) is 5.75 Å². The Bertz CT molecular complexity index is 2350. The third kappa shape index (κ3) is 8.82. The molecule has 2 aromatic carbocycles. The van der Waals surface area contributed by atoms with E-state index in [1.54, 1.807) is 32.5 Å². The fraction of sp³-hybridized carbons (Fsp3) is 0.521. The molecular formula is C48H63N7O7. The van der Waals surface area contributed by atoms with E-state index in [2.05, 4.69) is 54.3 Å². The van der Waals surface area contributed by atoms with E-state index in [4.69, 9.17) is 20.2 Å². The largest absolute Gasteiger partial charge is 0.508 e. The predicted molar refractivity (Wildman–Crippen MR) is 237 cm³/mol. The molecule has 5 N–H and O–H groups in total. The van der Waals surface area contributed by atoms with Gasteiger partial charge >= 0.3 is 5.97 Å². The number of aryl methyl sites for hydroxylation is 1. The number of aromatic nitrogens is 2. The summed E-state index contributed by atoms with van der Waals surface area (Å²) in [6.45, 7) is 15.0. The summed E-state index contributed by atoms with van der Waals surface area (Å²) in [5, 5.41) is 16.7. The van der Waals surface area contributed by atoms with Gasteiger partial charge in [0.25, 0.3) is 5.91 Å². The number of hydrogen-bond donors (Lipinski definition) is 4. The van der Waals surface area contributed by atoms with Crippen molar-refractivity contribution in [3.05, 3.63) is 71.5 Å². The lowest BCUT2D eigenvalue weighted by Gasteiger charge is -2.37. The molecule has 3 amide bonds. The van der Waals surface area contributed by atoms with E-state index in [-0.39, 0.29) is 54.6 Å². The summed E-state index contributed by atoms with van der Waals surface area (Å²) >= 11 is 0. The Morgan fingerprint density at radius 1 is 1.13 bits per heavy atom. The summed E-state index contributed by atoms with van der Waals surface area (Å²) < 4.78 is 14.2. The topological polar surface area (TPSA) is 181 Å². The van der Waals surface area contributed by atoms with Crippen LogP contribution >= 0.6 is 0 Å². The Labute approximate surface area is 364 Å². The number of likely N-dealkylation sites (N-methyl/N-ethyl adjacent to an activating group) is 1. The number of phenols is 1. The van der Waals surface area contributed by atoms with E-state index in [0.29, 0.717) is 37.9 Å². The van der Waals surface area contributed by atoms with E-state index in [1.165, 1.54) is 9.91 Å². The zero-order valence-electron chi connectivity index (χ0n) is 37.5. The number of esters is 1. The first-order valence-electron chi connectivity index (χ1n) is 22.0. The molecule has 7 rings (SSSR count). The molecule has 2 aliphatic heterocycles. The maximum atomic E-state index is 14.6. The average Bonchev–Trinajstić information content (AvgIpc) is 3.73. The Hall–Kier alpha value is -5.31. The molecular weight excluding hydrogens is 787 g/mol. The van der Waals surface area contributed by atoms with E-state index < -0.39 is 41.3 Å². The number of benzene rings is 2. The van der Waals surface area contributed by atoms with Crippen LogP contribution in [0, 0.1) is 23.2 Å². The molecule has 1 aliphatic carbocycles. The summed E-state index contributed by atoms with van der Waals surface area (Å²) in [6, 6.07) is 12.4. The van der Waals surface area contributed by atoms with Gasteiger partial charge in [-0.15, -0.1) is 0 Å². The van der Waals surface area contributed by atoms with Gasteiger partial charge in [-0.1, -0.05) is 46.8 Å². The van der Waals surface area contributed by atoms with E-state index >= 15 is 0 Å². The van der Waals surface area contributed by atoms with Crippen molar-refractivity contribution in [3.63, 3.8) is 0 Å². The van der Waals surface area contributed by atoms with Gasteiger partial charge in [-0.05, 0) is 104 Å². The lowest BCUT2D eigenvalue weighted by molar-refractivity contribution is -0.155. The maximum absolute atomic E-state index is 14.6. The van der Waals surface area contributed by atoms with Gasteiger partial charge in [0, 0.05) is 67.8 Å². The molecule has 2 aromatic heterocycles. The molecule has 1 saturated heterocycles. The number of cyclic esters (lactones) is 1. The van der Waals surface area contributed by atoms with Gasteiger partial charge in [-0.3, -0.25) is 29.2 Å². The van der Waals surface area contributed by atoms with Crippen LogP contribution in [0.1, 0.15) is 84.2 Å². The third-order valence-electron chi connectivity index (χ3n) is 13.1. The van der Waals surface area contributed by atoms with Crippen LogP contribution < -0.4 is 16.5 Å². The molecule has 1 saturated carbocycles. The van der Waals surface area contributed by atoms with Crippen molar-refractivity contribution in [2.24, 2.45) is 28.9 Å². The number of nitrogens with zero attached hydrogens (tertiary/aromatic N) is 4. The summed E-state index contributed by atoms with van der Waals surface area (Å²) in [5.74, 6) is -2.25. The van der Waals surface area contributed by atoms with Crippen molar-refractivity contribution >= 4 is 34.6 Å². The van der Waals surface area contributed by atoms with Crippen LogP contribution in [0.4, 0.5) is 0 Å². The Balaban J connectivity index is 1.35. The summed E-state index contributed by atoms with van der Waals surface area (Å²) in [4.78, 5) is 62.5. The van der Waals surface area contributed by atoms with Crippen LogP contribution in [0.15, 0.2) is 54.7 Å². The molecule has 1 unspecified atom stereocenters. The minimum absolute atomic E-state index is 0.00504. The Kier molecular flexibility index (Phi) is 12.9. The number of nitrogens with one attached hydrogen (secondary N) is 2. The monoisotopic (exact) mass is 849 g/mol. The van der Waals surface area contributed by atoms with Crippen LogP contribution in [0.2, 0.25) is 0 Å². The van der Waals surface area contributed by atoms with Gasteiger partial charge in [0.15, 0.2) is 0 Å². The fourth-order valence-corrected chi connectivity index (χ4v) is 9.50. The van der Waals surface area contributed by atoms with Gasteiger partial charge in [-0.2, -0.15) is 0 Å². The molecule has 62 heavy (non-hydrogen) atoms. The standard InChI is InChI=1S/C48H63N7O7/c1-10-54-38-16-15-30-23-34(38)35(43(54)33-13-11-17-50-41(33)28(5)61-9)24-48(6,7)25-62-47(60)36-14-12-18-55(52-36)45(58)37(21-29-19-31(30)22-32(56)20-29)51-44(57)42(26(2)3)53(8)46(59)39-27(4)40(39)49/h11,13,15-17,19-20,22-23,26-28,36-37,39-40,42,52,56H,10,12,14,18,21,24-25,49H2,1-9H3,(H,51,57)/t27-,28+,36+,37+,39+,40+,42?/m1/s1. The maximum Gasteiger partial charge on any atom is 0.324 e. The highest BCUT2D eigenvalue weighted by Gasteiger charge is 2.52. The number of hydrogen-bond acceptors (Lipinski definition) is 10. The van der Waals surface area contributed by atoms with Crippen LogP contribution in [0.3, 0.4) is 0 Å². The zero-order valence-corrected chi connectivity index (χ0v) is 37.5. The molecule has 4 heterocycles. The third-order valence-corrected chi connectivity index (χ3v) is 13.1. The van der Waals surface area contributed by atoms with Crippen molar-refractivity contribution in [3.8, 4) is 28.1 Å². The predicted octanol–water partition coefficient (Wildman–Crippen LogP) is 5.53. The second-order valence-corrected chi connectivity index (χ2v) is 18.6. The van der Waals surface area contributed by atoms with Crippen molar-refractivity contribution in [2.45, 2.75) is 111 Å². The number of aromatic hydroxyl groups is 1. The molecule has 0 spiro atoms. The molecule has 14 nitrogen and oxygen atoms in total. The highest BCUT2D eigenvalue weighted by Crippen LogP contribution is 2.42. The number of pyridine rings is 1. The minimum atomic E-state index is -1.12. The Morgan fingerprint density at radius 3 is 2.55 bits per heavy atom. The quantitative estimate of drug-likeness (QED) is 0.157. The SMILES string of the molecule is CCn1c(-c2cccnc2[C@H](C)OC)c2c3cc(ccc31)-c1cc(O)cc(c1)C[C@H](NC(=O)C(C(C)C)N(C)C(=O)[C@H]1[C@@H](C)[C@@H]1N)C(=O)N1CCC[C@H](N1)C(=O)OCC(C)(C)C2. The van der Waals surface area contributed by atoms with Crippen molar-refractivity contribution < 1.29 is 33.8 Å². The molecule has 7 atom stereocenters. The molecule has 4 aromatic rings. The van der Waals surface area contributed by atoms with Gasteiger partial charge in [0.2, 0.25) is 11.8 Å². The smallest absolute Gasteiger partial charge is 0.324 e. The lowest BCUT2D eigenvalue weighted by atomic mass is 9.84.